The topological polar surface area (TPSA) is 71.5 Å². The molecule has 0 saturated carbocycles. The third-order valence-corrected chi connectivity index (χ3v) is 5.85. The Morgan fingerprint density at radius 3 is 2.83 bits per heavy atom. The van der Waals surface area contributed by atoms with Crippen LogP contribution < -0.4 is 5.32 Å². The van der Waals surface area contributed by atoms with E-state index in [1.54, 1.807) is 18.3 Å². The van der Waals surface area contributed by atoms with Gasteiger partial charge in [0.15, 0.2) is 0 Å². The molecule has 1 N–H and O–H groups in total. The molecule has 1 aliphatic rings. The summed E-state index contributed by atoms with van der Waals surface area (Å²) in [6.07, 6.45) is 1.68. The summed E-state index contributed by atoms with van der Waals surface area (Å²) in [6, 6.07) is 7.29. The zero-order chi connectivity index (χ0) is 16.3. The van der Waals surface area contributed by atoms with E-state index in [0.29, 0.717) is 37.9 Å². The van der Waals surface area contributed by atoms with Crippen LogP contribution in [0.1, 0.15) is 0 Å². The van der Waals surface area contributed by atoms with E-state index < -0.39 is 10.0 Å². The number of pyridine rings is 1. The van der Waals surface area contributed by atoms with Gasteiger partial charge in [-0.25, -0.2) is 8.42 Å². The van der Waals surface area contributed by atoms with E-state index in [2.05, 4.69) is 10.3 Å². The number of morpholine rings is 1. The van der Waals surface area contributed by atoms with Gasteiger partial charge in [-0.05, 0) is 24.3 Å². The first-order valence-electron chi connectivity index (χ1n) is 7.40. The lowest BCUT2D eigenvalue weighted by Crippen LogP contribution is -2.42. The summed E-state index contributed by atoms with van der Waals surface area (Å²) in [6.45, 7) is 2.12. The molecule has 0 unspecified atom stereocenters. The maximum Gasteiger partial charge on any atom is 0.215 e. The predicted molar refractivity (Wildman–Crippen MR) is 91.4 cm³/mol. The maximum atomic E-state index is 12.3. The Bertz CT molecular complexity index is 792. The highest BCUT2D eigenvalue weighted by molar-refractivity contribution is 7.89. The Morgan fingerprint density at radius 1 is 1.26 bits per heavy atom. The quantitative estimate of drug-likeness (QED) is 0.887. The van der Waals surface area contributed by atoms with Gasteiger partial charge >= 0.3 is 0 Å². The monoisotopic (exact) mass is 355 g/mol. The number of sulfonamides is 1. The molecule has 0 bridgehead atoms. The molecule has 2 heterocycles. The van der Waals surface area contributed by atoms with E-state index in [9.17, 15) is 8.42 Å². The molecule has 1 saturated heterocycles. The fraction of sp³-hybridized carbons (Fsp3) is 0.400. The summed E-state index contributed by atoms with van der Waals surface area (Å²) in [5.41, 5.74) is 1.63. The van der Waals surface area contributed by atoms with E-state index >= 15 is 0 Å². The summed E-state index contributed by atoms with van der Waals surface area (Å²) in [4.78, 5) is 4.27. The molecule has 1 aromatic carbocycles. The molecule has 2 aromatic rings. The van der Waals surface area contributed by atoms with Crippen LogP contribution in [0.2, 0.25) is 5.02 Å². The number of ether oxygens (including phenoxy) is 1. The van der Waals surface area contributed by atoms with Crippen molar-refractivity contribution in [2.24, 2.45) is 0 Å². The van der Waals surface area contributed by atoms with Crippen molar-refractivity contribution in [3.05, 3.63) is 35.5 Å². The summed E-state index contributed by atoms with van der Waals surface area (Å²) >= 11 is 5.97. The van der Waals surface area contributed by atoms with Crippen LogP contribution in [-0.2, 0) is 14.8 Å². The largest absolute Gasteiger partial charge is 0.383 e. The first-order valence-corrected chi connectivity index (χ1v) is 9.39. The van der Waals surface area contributed by atoms with Gasteiger partial charge in [0.25, 0.3) is 0 Å². The Kier molecular flexibility index (Phi) is 5.01. The van der Waals surface area contributed by atoms with Gasteiger partial charge in [-0.15, -0.1) is 0 Å². The van der Waals surface area contributed by atoms with Gasteiger partial charge in [-0.1, -0.05) is 11.6 Å². The maximum absolute atomic E-state index is 12.3. The van der Waals surface area contributed by atoms with Crippen molar-refractivity contribution in [2.75, 3.05) is 43.9 Å². The van der Waals surface area contributed by atoms with E-state index in [1.807, 2.05) is 12.1 Å². The number of nitrogens with zero attached hydrogens (tertiary/aromatic N) is 2. The van der Waals surface area contributed by atoms with Crippen LogP contribution in [-0.4, -0.2) is 56.3 Å². The highest BCUT2D eigenvalue weighted by atomic mass is 35.5. The summed E-state index contributed by atoms with van der Waals surface area (Å²) < 4.78 is 31.2. The van der Waals surface area contributed by atoms with Crippen LogP contribution in [0.4, 0.5) is 5.69 Å². The SMILES string of the molecule is O=S(=O)(CCNc1ccnc2cc(Cl)ccc12)N1CCOCC1. The van der Waals surface area contributed by atoms with Gasteiger partial charge in [-0.3, -0.25) is 4.98 Å². The van der Waals surface area contributed by atoms with Crippen LogP contribution in [0.15, 0.2) is 30.5 Å². The summed E-state index contributed by atoms with van der Waals surface area (Å²) in [7, 11) is -3.26. The third-order valence-electron chi connectivity index (χ3n) is 3.74. The first kappa shape index (κ1) is 16.4. The molecule has 3 rings (SSSR count). The third kappa shape index (κ3) is 3.92. The molecule has 1 aliphatic heterocycles. The average Bonchev–Trinajstić information content (AvgIpc) is 2.55. The molecule has 1 aromatic heterocycles. The van der Waals surface area contributed by atoms with Crippen LogP contribution in [0.5, 0.6) is 0 Å². The fourth-order valence-electron chi connectivity index (χ4n) is 2.54. The molecule has 0 amide bonds. The number of halogens is 1. The minimum Gasteiger partial charge on any atom is -0.383 e. The van der Waals surface area contributed by atoms with Gasteiger partial charge in [0.05, 0.1) is 24.5 Å². The molecule has 6 nitrogen and oxygen atoms in total. The van der Waals surface area contributed by atoms with Crippen LogP contribution >= 0.6 is 11.6 Å². The molecule has 1 fully saturated rings. The first-order chi connectivity index (χ1) is 11.1. The lowest BCUT2D eigenvalue weighted by Gasteiger charge is -2.26. The van der Waals surface area contributed by atoms with Crippen LogP contribution in [0, 0.1) is 0 Å². The number of hydrogen-bond donors (Lipinski definition) is 1. The standard InChI is InChI=1S/C15H18ClN3O3S/c16-12-1-2-13-14(3-4-17-15(13)11-12)18-5-10-23(20,21)19-6-8-22-9-7-19/h1-4,11H,5-10H2,(H,17,18). The number of benzene rings is 1. The Morgan fingerprint density at radius 2 is 2.04 bits per heavy atom. The number of hydrogen-bond acceptors (Lipinski definition) is 5. The summed E-state index contributed by atoms with van der Waals surface area (Å²) in [5, 5.41) is 4.72. The highest BCUT2D eigenvalue weighted by Crippen LogP contribution is 2.24. The number of rotatable bonds is 5. The highest BCUT2D eigenvalue weighted by Gasteiger charge is 2.23. The van der Waals surface area contributed by atoms with Crippen molar-refractivity contribution >= 4 is 38.2 Å². The lowest BCUT2D eigenvalue weighted by molar-refractivity contribution is 0.0731. The zero-order valence-corrected chi connectivity index (χ0v) is 14.1. The average molecular weight is 356 g/mol. The fourth-order valence-corrected chi connectivity index (χ4v) is 4.03. The molecule has 0 spiro atoms. The van der Waals surface area contributed by atoms with Crippen molar-refractivity contribution in [2.45, 2.75) is 0 Å². The van der Waals surface area contributed by atoms with E-state index in [0.717, 1.165) is 16.6 Å². The van der Waals surface area contributed by atoms with Crippen LogP contribution in [0.3, 0.4) is 0 Å². The van der Waals surface area contributed by atoms with Crippen molar-refractivity contribution in [3.8, 4) is 0 Å². The van der Waals surface area contributed by atoms with Gasteiger partial charge < -0.3 is 10.1 Å². The van der Waals surface area contributed by atoms with Gasteiger partial charge in [0, 0.05) is 41.9 Å². The summed E-state index contributed by atoms with van der Waals surface area (Å²) in [5.74, 6) is 0.0460. The van der Waals surface area contributed by atoms with Gasteiger partial charge in [-0.2, -0.15) is 4.31 Å². The van der Waals surface area contributed by atoms with E-state index in [1.165, 1.54) is 4.31 Å². The van der Waals surface area contributed by atoms with E-state index in [4.69, 9.17) is 16.3 Å². The number of aromatic nitrogens is 1. The van der Waals surface area contributed by atoms with Crippen molar-refractivity contribution in [3.63, 3.8) is 0 Å². The number of nitrogens with one attached hydrogen (secondary N) is 1. The lowest BCUT2D eigenvalue weighted by atomic mass is 10.2. The van der Waals surface area contributed by atoms with Crippen molar-refractivity contribution in [1.29, 1.82) is 0 Å². The van der Waals surface area contributed by atoms with Gasteiger partial charge in [0.2, 0.25) is 10.0 Å². The van der Waals surface area contributed by atoms with E-state index in [-0.39, 0.29) is 5.75 Å². The normalized spacial score (nSPS) is 16.6. The second-order valence-corrected chi connectivity index (χ2v) is 7.80. The Hall–Kier alpha value is -1.41. The smallest absolute Gasteiger partial charge is 0.215 e. The van der Waals surface area contributed by atoms with Gasteiger partial charge in [0.1, 0.15) is 0 Å². The predicted octanol–water partition coefficient (Wildman–Crippen LogP) is 1.96. The molecule has 0 atom stereocenters. The minimum absolute atomic E-state index is 0.0460. The Labute approximate surface area is 140 Å². The molecule has 0 radical (unpaired) electrons. The van der Waals surface area contributed by atoms with Crippen molar-refractivity contribution in [1.82, 2.24) is 9.29 Å². The molecule has 8 heteroatoms. The second-order valence-electron chi connectivity index (χ2n) is 5.27. The van der Waals surface area contributed by atoms with Crippen molar-refractivity contribution < 1.29 is 13.2 Å². The molecule has 0 aliphatic carbocycles. The number of fused-ring (bicyclic) bond motifs is 1. The van der Waals surface area contributed by atoms with Crippen LogP contribution in [0.25, 0.3) is 10.9 Å². The molecular formula is C15H18ClN3O3S. The zero-order valence-electron chi connectivity index (χ0n) is 12.5. The molecule has 23 heavy (non-hydrogen) atoms. The molecule has 124 valence electrons. The minimum atomic E-state index is -3.26. The Balaban J connectivity index is 1.67. The number of anilines is 1. The molecular weight excluding hydrogens is 338 g/mol. The second kappa shape index (κ2) is 7.00.